The number of benzene rings is 2. The van der Waals surface area contributed by atoms with E-state index in [0.717, 1.165) is 30.4 Å². The van der Waals surface area contributed by atoms with Gasteiger partial charge in [-0.25, -0.2) is 0 Å². The average molecular weight is 270 g/mol. The number of hydrogen-bond acceptors (Lipinski definition) is 0. The molecular formula is C21H18. The lowest BCUT2D eigenvalue weighted by atomic mass is 9.96. The highest BCUT2D eigenvalue weighted by Crippen LogP contribution is 2.38. The van der Waals surface area contributed by atoms with Gasteiger partial charge in [-0.15, -0.1) is 0 Å². The number of fused-ring (bicyclic) bond motifs is 3. The van der Waals surface area contributed by atoms with Gasteiger partial charge in [-0.2, -0.15) is 0 Å². The number of hydrogen-bond donors (Lipinski definition) is 0. The predicted octanol–water partition coefficient (Wildman–Crippen LogP) is 4.78. The summed E-state index contributed by atoms with van der Waals surface area (Å²) >= 11 is 0. The minimum Gasteiger partial charge on any atom is -0.0981 e. The fraction of sp³-hybridized carbons (Fsp3) is 0.238. The summed E-state index contributed by atoms with van der Waals surface area (Å²) in [5, 5.41) is 0. The van der Waals surface area contributed by atoms with Crippen LogP contribution < -0.4 is 0 Å². The normalized spacial score (nSPS) is 10.8. The molecule has 0 atom stereocenters. The van der Waals surface area contributed by atoms with E-state index in [2.05, 4.69) is 73.9 Å². The van der Waals surface area contributed by atoms with Crippen molar-refractivity contribution in [1.82, 2.24) is 0 Å². The van der Waals surface area contributed by atoms with E-state index in [4.69, 9.17) is 0 Å². The molecule has 0 aromatic heterocycles. The van der Waals surface area contributed by atoms with Gasteiger partial charge in [0.2, 0.25) is 0 Å². The van der Waals surface area contributed by atoms with E-state index in [0.29, 0.717) is 0 Å². The molecule has 0 heterocycles. The highest BCUT2D eigenvalue weighted by Gasteiger charge is 2.21. The Morgan fingerprint density at radius 2 is 1.62 bits per heavy atom. The van der Waals surface area contributed by atoms with Crippen LogP contribution in [0.1, 0.15) is 48.9 Å². The summed E-state index contributed by atoms with van der Waals surface area (Å²) in [5.74, 6) is 13.0. The molecule has 1 aliphatic rings. The molecule has 0 amide bonds. The van der Waals surface area contributed by atoms with Crippen LogP contribution in [-0.2, 0) is 6.42 Å². The molecule has 0 unspecified atom stereocenters. The van der Waals surface area contributed by atoms with Crippen molar-refractivity contribution < 1.29 is 0 Å². The Kier molecular flexibility index (Phi) is 3.81. The largest absolute Gasteiger partial charge is 0.0981 e. The third-order valence-electron chi connectivity index (χ3n) is 3.78. The molecule has 0 aliphatic heterocycles. The predicted molar refractivity (Wildman–Crippen MR) is 89.0 cm³/mol. The van der Waals surface area contributed by atoms with Gasteiger partial charge in [0, 0.05) is 24.0 Å². The summed E-state index contributed by atoms with van der Waals surface area (Å²) in [7, 11) is 0. The van der Waals surface area contributed by atoms with Crippen molar-refractivity contribution in [3.8, 4) is 34.8 Å². The van der Waals surface area contributed by atoms with Crippen molar-refractivity contribution in [3.63, 3.8) is 0 Å². The summed E-state index contributed by atoms with van der Waals surface area (Å²) in [6.07, 6.45) is 2.72. The van der Waals surface area contributed by atoms with Gasteiger partial charge in [0.1, 0.15) is 0 Å². The first-order valence-corrected chi connectivity index (χ1v) is 7.57. The summed E-state index contributed by atoms with van der Waals surface area (Å²) in [6, 6.07) is 13.0. The van der Waals surface area contributed by atoms with Crippen molar-refractivity contribution in [2.45, 2.75) is 33.1 Å². The van der Waals surface area contributed by atoms with Gasteiger partial charge in [0.25, 0.3) is 0 Å². The second-order valence-corrected chi connectivity index (χ2v) is 5.16. The first kappa shape index (κ1) is 13.5. The molecule has 2 aromatic rings. The minimum absolute atomic E-state index is 0.872. The summed E-state index contributed by atoms with van der Waals surface area (Å²) in [6.45, 7) is 4.16. The van der Waals surface area contributed by atoms with Crippen LogP contribution in [0.2, 0.25) is 0 Å². The van der Waals surface area contributed by atoms with Crippen molar-refractivity contribution in [2.24, 2.45) is 0 Å². The van der Waals surface area contributed by atoms with Gasteiger partial charge in [0.05, 0.1) is 0 Å². The molecular weight excluding hydrogens is 252 g/mol. The molecule has 0 saturated heterocycles. The van der Waals surface area contributed by atoms with E-state index in [1.54, 1.807) is 0 Å². The Labute approximate surface area is 127 Å². The van der Waals surface area contributed by atoms with E-state index in [1.165, 1.54) is 22.3 Å². The maximum atomic E-state index is 3.35. The maximum absolute atomic E-state index is 3.35. The monoisotopic (exact) mass is 270 g/mol. The molecule has 2 aromatic carbocycles. The maximum Gasteiger partial charge on any atom is 0.0443 e. The quantitative estimate of drug-likeness (QED) is 0.516. The minimum atomic E-state index is 0.872. The Balaban J connectivity index is 2.20. The molecule has 0 spiro atoms. The summed E-state index contributed by atoms with van der Waals surface area (Å²) < 4.78 is 0. The molecule has 0 nitrogen and oxygen atoms in total. The molecule has 0 fully saturated rings. The molecule has 0 radical (unpaired) electrons. The zero-order chi connectivity index (χ0) is 14.7. The van der Waals surface area contributed by atoms with Crippen LogP contribution in [0.4, 0.5) is 0 Å². The van der Waals surface area contributed by atoms with Gasteiger partial charge < -0.3 is 0 Å². The van der Waals surface area contributed by atoms with Crippen molar-refractivity contribution in [1.29, 1.82) is 0 Å². The molecule has 0 heteroatoms. The fourth-order valence-corrected chi connectivity index (χ4v) is 2.82. The lowest BCUT2D eigenvalue weighted by Crippen LogP contribution is -1.93. The van der Waals surface area contributed by atoms with Gasteiger partial charge >= 0.3 is 0 Å². The zero-order valence-electron chi connectivity index (χ0n) is 12.6. The van der Waals surface area contributed by atoms with Crippen molar-refractivity contribution >= 4 is 0 Å². The van der Waals surface area contributed by atoms with E-state index >= 15 is 0 Å². The van der Waals surface area contributed by atoms with Crippen LogP contribution in [0, 0.1) is 23.7 Å². The van der Waals surface area contributed by atoms with Crippen LogP contribution in [0.15, 0.2) is 36.4 Å². The summed E-state index contributed by atoms with van der Waals surface area (Å²) in [4.78, 5) is 0. The van der Waals surface area contributed by atoms with E-state index in [-0.39, 0.29) is 0 Å². The molecule has 3 rings (SSSR count). The highest BCUT2D eigenvalue weighted by molar-refractivity contribution is 5.80. The third-order valence-corrected chi connectivity index (χ3v) is 3.78. The van der Waals surface area contributed by atoms with E-state index in [1.807, 2.05) is 0 Å². The standard InChI is InChI=1S/C21H18/c1-3-5-9-16-13-14-20-19-12-8-7-10-17(19)15-21(20)18(16)11-6-4-2/h7-8,10,12-14H,3-4,15H2,1-2H3. The molecule has 102 valence electrons. The highest BCUT2D eigenvalue weighted by atomic mass is 14.2. The van der Waals surface area contributed by atoms with Crippen LogP contribution in [0.5, 0.6) is 0 Å². The molecule has 21 heavy (non-hydrogen) atoms. The second-order valence-electron chi connectivity index (χ2n) is 5.16. The Morgan fingerprint density at radius 3 is 2.43 bits per heavy atom. The van der Waals surface area contributed by atoms with Crippen LogP contribution in [-0.4, -0.2) is 0 Å². The van der Waals surface area contributed by atoms with Gasteiger partial charge in [-0.1, -0.05) is 67.9 Å². The van der Waals surface area contributed by atoms with Gasteiger partial charge in [-0.05, 0) is 34.7 Å². The van der Waals surface area contributed by atoms with Gasteiger partial charge in [0.15, 0.2) is 0 Å². The topological polar surface area (TPSA) is 0 Å². The first-order chi connectivity index (χ1) is 10.3. The molecule has 1 aliphatic carbocycles. The Bertz CT molecular complexity index is 801. The van der Waals surface area contributed by atoms with Crippen LogP contribution in [0.25, 0.3) is 11.1 Å². The third kappa shape index (κ3) is 2.46. The smallest absolute Gasteiger partial charge is 0.0443 e. The molecule has 0 saturated carbocycles. The van der Waals surface area contributed by atoms with E-state index in [9.17, 15) is 0 Å². The van der Waals surface area contributed by atoms with Crippen LogP contribution >= 0.6 is 0 Å². The zero-order valence-corrected chi connectivity index (χ0v) is 12.6. The van der Waals surface area contributed by atoms with Gasteiger partial charge in [-0.3, -0.25) is 0 Å². The molecule has 0 bridgehead atoms. The van der Waals surface area contributed by atoms with Crippen LogP contribution in [0.3, 0.4) is 0 Å². The average Bonchev–Trinajstić information content (AvgIpc) is 2.90. The van der Waals surface area contributed by atoms with E-state index < -0.39 is 0 Å². The lowest BCUT2D eigenvalue weighted by molar-refractivity contribution is 1.24. The fourth-order valence-electron chi connectivity index (χ4n) is 2.82. The lowest BCUT2D eigenvalue weighted by Gasteiger charge is -2.06. The Hall–Kier alpha value is -2.44. The SMILES string of the molecule is CCC#Cc1ccc2c(c1C#CCC)Cc1ccccc1-2. The number of rotatable bonds is 0. The first-order valence-electron chi connectivity index (χ1n) is 7.57. The van der Waals surface area contributed by atoms with Crippen molar-refractivity contribution in [2.75, 3.05) is 0 Å². The van der Waals surface area contributed by atoms with Crippen molar-refractivity contribution in [3.05, 3.63) is 58.7 Å². The second kappa shape index (κ2) is 5.90. The summed E-state index contributed by atoms with van der Waals surface area (Å²) in [5.41, 5.74) is 7.62. The Morgan fingerprint density at radius 1 is 0.857 bits per heavy atom. The molecule has 0 N–H and O–H groups in total.